The summed E-state index contributed by atoms with van der Waals surface area (Å²) in [6.45, 7) is 2.71. The van der Waals surface area contributed by atoms with Crippen molar-refractivity contribution in [2.24, 2.45) is 5.41 Å². The molecule has 0 aliphatic carbocycles. The largest absolute Gasteiger partial charge is 0.475 e. The van der Waals surface area contributed by atoms with E-state index in [1.165, 1.54) is 6.20 Å². The number of pyridine rings is 1. The number of methoxy groups -OCH3 is 1. The molecule has 25 heavy (non-hydrogen) atoms. The number of amides is 1. The van der Waals surface area contributed by atoms with Gasteiger partial charge in [-0.15, -0.1) is 24.8 Å². The molecule has 1 amide bonds. The van der Waals surface area contributed by atoms with Crippen LogP contribution < -0.4 is 15.4 Å². The smallest absolute Gasteiger partial charge is 0.232 e. The maximum Gasteiger partial charge on any atom is 0.232 e. The molecule has 0 spiro atoms. The van der Waals surface area contributed by atoms with Crippen molar-refractivity contribution in [3.05, 3.63) is 22.3 Å². The number of nitrogens with zero attached hydrogens (tertiary/aromatic N) is 1. The molecule has 0 bridgehead atoms. The molecule has 2 N–H and O–H groups in total. The first-order valence-corrected chi connectivity index (χ1v) is 8.25. The SMILES string of the molecule is COCC1(C(=O)NCCOc2ncc(Cl)cc2Cl)CCNCC1.Cl.Cl. The zero-order valence-electron chi connectivity index (χ0n) is 13.8. The van der Waals surface area contributed by atoms with E-state index in [-0.39, 0.29) is 37.3 Å². The molecule has 6 nitrogen and oxygen atoms in total. The van der Waals surface area contributed by atoms with Crippen LogP contribution in [0.4, 0.5) is 0 Å². The molecule has 1 saturated heterocycles. The van der Waals surface area contributed by atoms with E-state index in [4.69, 9.17) is 32.7 Å². The van der Waals surface area contributed by atoms with Crippen molar-refractivity contribution < 1.29 is 14.3 Å². The first-order valence-electron chi connectivity index (χ1n) is 7.49. The Kier molecular flexibility index (Phi) is 11.8. The van der Waals surface area contributed by atoms with E-state index in [9.17, 15) is 4.79 Å². The van der Waals surface area contributed by atoms with Crippen molar-refractivity contribution in [1.29, 1.82) is 0 Å². The Hall–Kier alpha value is -0.500. The first kappa shape index (κ1) is 24.5. The Bertz CT molecular complexity index is 537. The third-order valence-electron chi connectivity index (χ3n) is 3.86. The average Bonchev–Trinajstić information content (AvgIpc) is 2.54. The molecular weight excluding hydrogens is 412 g/mol. The van der Waals surface area contributed by atoms with Crippen LogP contribution in [0.3, 0.4) is 0 Å². The Labute approximate surface area is 170 Å². The van der Waals surface area contributed by atoms with Crippen molar-refractivity contribution in [2.75, 3.05) is 40.0 Å². The number of ether oxygens (including phenoxy) is 2. The fourth-order valence-corrected chi connectivity index (χ4v) is 3.06. The van der Waals surface area contributed by atoms with Gasteiger partial charge in [-0.2, -0.15) is 0 Å². The third-order valence-corrected chi connectivity index (χ3v) is 4.34. The van der Waals surface area contributed by atoms with Crippen LogP contribution in [-0.4, -0.2) is 50.8 Å². The van der Waals surface area contributed by atoms with Gasteiger partial charge in [0.05, 0.1) is 23.6 Å². The molecule has 144 valence electrons. The molecule has 0 aromatic carbocycles. The van der Waals surface area contributed by atoms with Gasteiger partial charge in [0.25, 0.3) is 0 Å². The zero-order chi connectivity index (χ0) is 16.7. The summed E-state index contributed by atoms with van der Waals surface area (Å²) in [6, 6.07) is 1.56. The molecule has 2 heterocycles. The summed E-state index contributed by atoms with van der Waals surface area (Å²) < 4.78 is 10.7. The van der Waals surface area contributed by atoms with Crippen LogP contribution in [0.5, 0.6) is 5.88 Å². The Morgan fingerprint density at radius 2 is 2.04 bits per heavy atom. The Morgan fingerprint density at radius 1 is 1.36 bits per heavy atom. The highest BCUT2D eigenvalue weighted by atomic mass is 35.5. The lowest BCUT2D eigenvalue weighted by atomic mass is 9.78. The highest BCUT2D eigenvalue weighted by Gasteiger charge is 2.39. The molecule has 0 unspecified atom stereocenters. The first-order chi connectivity index (χ1) is 11.1. The van der Waals surface area contributed by atoms with Gasteiger partial charge in [-0.25, -0.2) is 4.98 Å². The van der Waals surface area contributed by atoms with E-state index in [2.05, 4.69) is 15.6 Å². The van der Waals surface area contributed by atoms with E-state index < -0.39 is 5.41 Å². The summed E-state index contributed by atoms with van der Waals surface area (Å²) in [5.41, 5.74) is -0.462. The van der Waals surface area contributed by atoms with Gasteiger partial charge in [0.1, 0.15) is 11.6 Å². The number of nitrogens with one attached hydrogen (secondary N) is 2. The third kappa shape index (κ3) is 6.96. The van der Waals surface area contributed by atoms with Crippen LogP contribution in [0.1, 0.15) is 12.8 Å². The fourth-order valence-electron chi connectivity index (χ4n) is 2.63. The van der Waals surface area contributed by atoms with E-state index in [1.54, 1.807) is 13.2 Å². The molecule has 0 radical (unpaired) electrons. The van der Waals surface area contributed by atoms with Gasteiger partial charge < -0.3 is 20.1 Å². The standard InChI is InChI=1S/C15H21Cl2N3O3.2ClH/c1-22-10-15(2-4-18-5-3-15)14(21)19-6-7-23-13-12(17)8-11(16)9-20-13;;/h8-9,18H,2-7,10H2,1H3,(H,19,21);2*1H. The maximum atomic E-state index is 12.5. The van der Waals surface area contributed by atoms with Crippen LogP contribution in [-0.2, 0) is 9.53 Å². The van der Waals surface area contributed by atoms with Crippen molar-refractivity contribution >= 4 is 53.9 Å². The summed E-state index contributed by atoms with van der Waals surface area (Å²) >= 11 is 11.7. The van der Waals surface area contributed by atoms with E-state index >= 15 is 0 Å². The molecular formula is C15H23Cl4N3O3. The quantitative estimate of drug-likeness (QED) is 0.645. The van der Waals surface area contributed by atoms with Crippen molar-refractivity contribution in [2.45, 2.75) is 12.8 Å². The predicted octanol–water partition coefficient (Wildman–Crippen LogP) is 2.74. The van der Waals surface area contributed by atoms with Crippen LogP contribution in [0.15, 0.2) is 12.3 Å². The van der Waals surface area contributed by atoms with Gasteiger partial charge in [0.2, 0.25) is 11.8 Å². The molecule has 1 aromatic rings. The van der Waals surface area contributed by atoms with Gasteiger partial charge in [0, 0.05) is 13.3 Å². The van der Waals surface area contributed by atoms with Crippen molar-refractivity contribution in [3.63, 3.8) is 0 Å². The molecule has 2 rings (SSSR count). The lowest BCUT2D eigenvalue weighted by Gasteiger charge is -2.35. The second-order valence-corrected chi connectivity index (χ2v) is 6.35. The number of hydrogen-bond acceptors (Lipinski definition) is 5. The second-order valence-electron chi connectivity index (χ2n) is 5.51. The molecule has 0 atom stereocenters. The summed E-state index contributed by atoms with van der Waals surface area (Å²) in [6.07, 6.45) is 2.99. The van der Waals surface area contributed by atoms with Gasteiger partial charge in [0.15, 0.2) is 0 Å². The molecule has 1 fully saturated rings. The van der Waals surface area contributed by atoms with Gasteiger partial charge >= 0.3 is 0 Å². The molecule has 1 aromatic heterocycles. The Morgan fingerprint density at radius 3 is 2.64 bits per heavy atom. The van der Waals surface area contributed by atoms with E-state index in [0.29, 0.717) is 29.1 Å². The lowest BCUT2D eigenvalue weighted by molar-refractivity contribution is -0.136. The van der Waals surface area contributed by atoms with E-state index in [0.717, 1.165) is 25.9 Å². The number of carbonyl (C=O) groups excluding carboxylic acids is 1. The molecule has 1 aliphatic rings. The summed E-state index contributed by atoms with van der Waals surface area (Å²) in [5.74, 6) is 0.304. The normalized spacial score (nSPS) is 15.5. The summed E-state index contributed by atoms with van der Waals surface area (Å²) in [4.78, 5) is 16.5. The number of piperidine rings is 1. The highest BCUT2D eigenvalue weighted by molar-refractivity contribution is 6.35. The number of hydrogen-bond donors (Lipinski definition) is 2. The molecule has 1 aliphatic heterocycles. The summed E-state index contributed by atoms with van der Waals surface area (Å²) in [5, 5.41) is 6.96. The fraction of sp³-hybridized carbons (Fsp3) is 0.600. The summed E-state index contributed by atoms with van der Waals surface area (Å²) in [7, 11) is 1.62. The highest BCUT2D eigenvalue weighted by Crippen LogP contribution is 2.29. The average molecular weight is 435 g/mol. The number of rotatable bonds is 7. The van der Waals surface area contributed by atoms with E-state index in [1.807, 2.05) is 0 Å². The number of halogens is 4. The lowest BCUT2D eigenvalue weighted by Crippen LogP contribution is -2.50. The van der Waals surface area contributed by atoms with Crippen LogP contribution in [0, 0.1) is 5.41 Å². The topological polar surface area (TPSA) is 72.5 Å². The Balaban J connectivity index is 0.00000288. The minimum atomic E-state index is -0.462. The van der Waals surface area contributed by atoms with Crippen LogP contribution >= 0.6 is 48.0 Å². The minimum Gasteiger partial charge on any atom is -0.475 e. The number of aromatic nitrogens is 1. The van der Waals surface area contributed by atoms with Crippen LogP contribution in [0.2, 0.25) is 10.0 Å². The second kappa shape index (κ2) is 12.0. The van der Waals surface area contributed by atoms with Crippen molar-refractivity contribution in [1.82, 2.24) is 15.6 Å². The molecule has 0 saturated carbocycles. The maximum absolute atomic E-state index is 12.5. The van der Waals surface area contributed by atoms with Gasteiger partial charge in [-0.05, 0) is 32.0 Å². The minimum absolute atomic E-state index is 0. The van der Waals surface area contributed by atoms with Crippen molar-refractivity contribution in [3.8, 4) is 5.88 Å². The van der Waals surface area contributed by atoms with Gasteiger partial charge in [-0.3, -0.25) is 4.79 Å². The van der Waals surface area contributed by atoms with Gasteiger partial charge in [-0.1, -0.05) is 23.2 Å². The number of carbonyl (C=O) groups is 1. The van der Waals surface area contributed by atoms with Crippen LogP contribution in [0.25, 0.3) is 0 Å². The molecule has 10 heteroatoms. The monoisotopic (exact) mass is 433 g/mol. The predicted molar refractivity (Wildman–Crippen MR) is 104 cm³/mol. The zero-order valence-corrected chi connectivity index (χ0v) is 17.0.